The van der Waals surface area contributed by atoms with Gasteiger partial charge in [0.25, 0.3) is 5.69 Å². The number of aliphatic hydroxyl groups excluding tert-OH is 1. The first-order valence-electron chi connectivity index (χ1n) is 4.30. The summed E-state index contributed by atoms with van der Waals surface area (Å²) in [6.45, 7) is 0.0559. The summed E-state index contributed by atoms with van der Waals surface area (Å²) < 4.78 is 0. The molecule has 0 unspecified atom stereocenters. The molecule has 1 aromatic rings. The predicted molar refractivity (Wildman–Crippen MR) is 58.0 cm³/mol. The monoisotopic (exact) mass is 229 g/mol. The molecule has 0 aliphatic rings. The Balaban J connectivity index is 2.76. The van der Waals surface area contributed by atoms with Gasteiger partial charge in [0.15, 0.2) is 0 Å². The number of nitro benzene ring substituents is 1. The van der Waals surface area contributed by atoms with Crippen molar-refractivity contribution in [1.82, 2.24) is 0 Å². The van der Waals surface area contributed by atoms with Crippen LogP contribution in [0.3, 0.4) is 0 Å². The lowest BCUT2D eigenvalue weighted by atomic mass is 10.2. The van der Waals surface area contributed by atoms with Gasteiger partial charge in [-0.1, -0.05) is 0 Å². The van der Waals surface area contributed by atoms with Crippen LogP contribution in [0, 0.1) is 10.1 Å². The van der Waals surface area contributed by atoms with Crippen LogP contribution in [0.4, 0.5) is 5.69 Å². The Morgan fingerprint density at radius 1 is 1.47 bits per heavy atom. The van der Waals surface area contributed by atoms with Crippen molar-refractivity contribution >= 4 is 17.4 Å². The molecule has 1 rings (SSSR count). The van der Waals surface area contributed by atoms with E-state index < -0.39 is 4.92 Å². The minimum Gasteiger partial charge on any atom is -0.508 e. The summed E-state index contributed by atoms with van der Waals surface area (Å²) in [4.78, 5) is 9.97. The minimum atomic E-state index is -0.500. The van der Waals surface area contributed by atoms with Gasteiger partial charge in [0.2, 0.25) is 0 Å². The maximum Gasteiger partial charge on any atom is 0.270 e. The summed E-state index contributed by atoms with van der Waals surface area (Å²) in [5, 5.41) is 28.5. The van der Waals surface area contributed by atoms with Crippen LogP contribution in [0.5, 0.6) is 5.75 Å². The lowest BCUT2D eigenvalue weighted by Gasteiger charge is -2.03. The number of nitro groups is 1. The van der Waals surface area contributed by atoms with Gasteiger partial charge in [-0.25, -0.2) is 0 Å². The van der Waals surface area contributed by atoms with E-state index >= 15 is 0 Å². The molecule has 0 atom stereocenters. The summed E-state index contributed by atoms with van der Waals surface area (Å²) in [7, 11) is 0. The Labute approximate surface area is 90.9 Å². The van der Waals surface area contributed by atoms with Crippen molar-refractivity contribution in [3.8, 4) is 5.75 Å². The number of rotatable bonds is 5. The average Bonchev–Trinajstić information content (AvgIpc) is 2.20. The molecular weight excluding hydrogens is 218 g/mol. The highest BCUT2D eigenvalue weighted by molar-refractivity contribution is 7.98. The van der Waals surface area contributed by atoms with Crippen molar-refractivity contribution in [2.75, 3.05) is 12.4 Å². The number of benzene rings is 1. The molecule has 0 fully saturated rings. The lowest BCUT2D eigenvalue weighted by molar-refractivity contribution is -0.384. The molecule has 6 heteroatoms. The summed E-state index contributed by atoms with van der Waals surface area (Å²) in [6.07, 6.45) is 0. The topological polar surface area (TPSA) is 83.6 Å². The van der Waals surface area contributed by atoms with Crippen LogP contribution in [0.1, 0.15) is 5.56 Å². The van der Waals surface area contributed by atoms with Crippen LogP contribution in [0.15, 0.2) is 18.2 Å². The number of non-ortho nitro benzene ring substituents is 1. The Morgan fingerprint density at radius 3 is 2.80 bits per heavy atom. The first-order valence-corrected chi connectivity index (χ1v) is 5.45. The van der Waals surface area contributed by atoms with E-state index in [0.29, 0.717) is 17.1 Å². The normalized spacial score (nSPS) is 10.2. The molecule has 0 aliphatic carbocycles. The number of phenols is 1. The average molecular weight is 229 g/mol. The maximum atomic E-state index is 10.5. The van der Waals surface area contributed by atoms with Crippen molar-refractivity contribution in [3.05, 3.63) is 33.9 Å². The lowest BCUT2D eigenvalue weighted by Crippen LogP contribution is -1.92. The fraction of sp³-hybridized carbons (Fsp3) is 0.333. The Hall–Kier alpha value is -1.27. The molecule has 0 amide bonds. The number of hydrogen-bond acceptors (Lipinski definition) is 5. The molecule has 82 valence electrons. The molecule has 0 aliphatic heterocycles. The first-order chi connectivity index (χ1) is 7.15. The molecule has 0 aromatic heterocycles. The van der Waals surface area contributed by atoms with Crippen LogP contribution in [-0.4, -0.2) is 27.5 Å². The summed E-state index contributed by atoms with van der Waals surface area (Å²) in [5.74, 6) is 1.04. The zero-order valence-corrected chi connectivity index (χ0v) is 8.74. The van der Waals surface area contributed by atoms with Crippen molar-refractivity contribution < 1.29 is 15.1 Å². The Bertz CT molecular complexity index is 356. The van der Waals surface area contributed by atoms with Gasteiger partial charge in [-0.05, 0) is 6.07 Å². The first kappa shape index (κ1) is 11.8. The van der Waals surface area contributed by atoms with E-state index in [-0.39, 0.29) is 18.0 Å². The van der Waals surface area contributed by atoms with E-state index in [0.717, 1.165) is 0 Å². The van der Waals surface area contributed by atoms with Crippen LogP contribution in [0.2, 0.25) is 0 Å². The van der Waals surface area contributed by atoms with Gasteiger partial charge in [-0.3, -0.25) is 10.1 Å². The van der Waals surface area contributed by atoms with E-state index in [2.05, 4.69) is 0 Å². The highest BCUT2D eigenvalue weighted by Crippen LogP contribution is 2.26. The molecule has 0 radical (unpaired) electrons. The van der Waals surface area contributed by atoms with E-state index in [1.807, 2.05) is 0 Å². The molecule has 0 saturated carbocycles. The number of aromatic hydroxyl groups is 1. The fourth-order valence-electron chi connectivity index (χ4n) is 1.05. The van der Waals surface area contributed by atoms with E-state index in [1.165, 1.54) is 30.0 Å². The number of phenolic OH excluding ortho intramolecular Hbond substituents is 1. The van der Waals surface area contributed by atoms with Crippen molar-refractivity contribution in [2.45, 2.75) is 5.75 Å². The fourth-order valence-corrected chi connectivity index (χ4v) is 1.77. The molecule has 15 heavy (non-hydrogen) atoms. The van der Waals surface area contributed by atoms with Crippen molar-refractivity contribution in [1.29, 1.82) is 0 Å². The van der Waals surface area contributed by atoms with E-state index in [4.69, 9.17) is 5.11 Å². The number of thioether (sulfide) groups is 1. The summed E-state index contributed by atoms with van der Waals surface area (Å²) in [6, 6.07) is 3.92. The molecule has 0 bridgehead atoms. The third-order valence-corrected chi connectivity index (χ3v) is 2.75. The second kappa shape index (κ2) is 5.57. The molecule has 2 N–H and O–H groups in total. The third-order valence-electron chi connectivity index (χ3n) is 1.77. The van der Waals surface area contributed by atoms with Crippen molar-refractivity contribution in [2.24, 2.45) is 0 Å². The third kappa shape index (κ3) is 3.41. The molecular formula is C9H11NO4S. The number of aliphatic hydroxyl groups is 1. The highest BCUT2D eigenvalue weighted by Gasteiger charge is 2.09. The SMILES string of the molecule is O=[N+]([O-])c1ccc(O)c(CSCCO)c1. The molecule has 0 saturated heterocycles. The van der Waals surface area contributed by atoms with Gasteiger partial charge in [0.1, 0.15) is 5.75 Å². The van der Waals surface area contributed by atoms with Crippen LogP contribution >= 0.6 is 11.8 Å². The predicted octanol–water partition coefficient (Wildman–Crippen LogP) is 1.53. The molecule has 5 nitrogen and oxygen atoms in total. The molecule has 0 heterocycles. The van der Waals surface area contributed by atoms with Crippen molar-refractivity contribution in [3.63, 3.8) is 0 Å². The van der Waals surface area contributed by atoms with Gasteiger partial charge in [0, 0.05) is 29.2 Å². The second-order valence-corrected chi connectivity index (χ2v) is 3.95. The Morgan fingerprint density at radius 2 is 2.20 bits per heavy atom. The van der Waals surface area contributed by atoms with Gasteiger partial charge in [0.05, 0.1) is 11.5 Å². The quantitative estimate of drug-likeness (QED) is 0.454. The van der Waals surface area contributed by atoms with Gasteiger partial charge < -0.3 is 10.2 Å². The highest BCUT2D eigenvalue weighted by atomic mass is 32.2. The van der Waals surface area contributed by atoms with Crippen LogP contribution < -0.4 is 0 Å². The largest absolute Gasteiger partial charge is 0.508 e. The zero-order chi connectivity index (χ0) is 11.3. The second-order valence-electron chi connectivity index (χ2n) is 2.85. The summed E-state index contributed by atoms with van der Waals surface area (Å²) >= 11 is 1.41. The van der Waals surface area contributed by atoms with Gasteiger partial charge >= 0.3 is 0 Å². The maximum absolute atomic E-state index is 10.5. The molecule has 1 aromatic carbocycles. The van der Waals surface area contributed by atoms with Gasteiger partial charge in [-0.2, -0.15) is 11.8 Å². The van der Waals surface area contributed by atoms with Gasteiger partial charge in [-0.15, -0.1) is 0 Å². The number of nitrogens with zero attached hydrogens (tertiary/aromatic N) is 1. The summed E-state index contributed by atoms with van der Waals surface area (Å²) in [5.41, 5.74) is 0.482. The van der Waals surface area contributed by atoms with E-state index in [1.54, 1.807) is 0 Å². The van der Waals surface area contributed by atoms with E-state index in [9.17, 15) is 15.2 Å². The Kier molecular flexibility index (Phi) is 4.38. The number of hydrogen-bond donors (Lipinski definition) is 2. The standard InChI is InChI=1S/C9H11NO4S/c11-3-4-15-6-7-5-8(10(13)14)1-2-9(7)12/h1-2,5,11-12H,3-4,6H2. The smallest absolute Gasteiger partial charge is 0.270 e. The van der Waals surface area contributed by atoms with Crippen LogP contribution in [-0.2, 0) is 5.75 Å². The van der Waals surface area contributed by atoms with Crippen LogP contribution in [0.25, 0.3) is 0 Å². The molecule has 0 spiro atoms. The zero-order valence-electron chi connectivity index (χ0n) is 7.92. The minimum absolute atomic E-state index is 0.0348.